The highest BCUT2D eigenvalue weighted by molar-refractivity contribution is 6.45. The molecule has 0 spiro atoms. The van der Waals surface area contributed by atoms with Crippen LogP contribution in [0.2, 0.25) is 0 Å². The number of piperazine rings is 1. The Morgan fingerprint density at radius 1 is 0.818 bits per heavy atom. The van der Waals surface area contributed by atoms with Crippen LogP contribution in [0.15, 0.2) is 48.2 Å². The standard InChI is InChI=1S/C25H29N3O5/c1-5-26-10-12-27(13-11-26)23-22(20-8-6-7-9-21(20)33-4)24(29)28(25(23)30)17-14-18(31-2)16-19(15-17)32-3/h6-9,14-16H,5,10-13H2,1-4H3. The predicted molar refractivity (Wildman–Crippen MR) is 126 cm³/mol. The number of rotatable bonds is 7. The summed E-state index contributed by atoms with van der Waals surface area (Å²) in [6, 6.07) is 12.3. The van der Waals surface area contributed by atoms with E-state index in [2.05, 4.69) is 11.8 Å². The number of imide groups is 1. The first-order valence-electron chi connectivity index (χ1n) is 11.0. The number of carbonyl (C=O) groups is 2. The number of likely N-dealkylation sites (N-methyl/N-ethyl adjacent to an activating group) is 1. The molecule has 2 aliphatic heterocycles. The molecule has 8 nitrogen and oxygen atoms in total. The van der Waals surface area contributed by atoms with E-state index in [-0.39, 0.29) is 5.91 Å². The summed E-state index contributed by atoms with van der Waals surface area (Å²) in [6.07, 6.45) is 0. The molecule has 1 saturated heterocycles. The zero-order chi connectivity index (χ0) is 23.5. The predicted octanol–water partition coefficient (Wildman–Crippen LogP) is 2.63. The van der Waals surface area contributed by atoms with Crippen molar-refractivity contribution in [3.05, 3.63) is 53.7 Å². The molecule has 2 aliphatic rings. The average Bonchev–Trinajstić information content (AvgIpc) is 3.13. The van der Waals surface area contributed by atoms with Gasteiger partial charge in [-0.2, -0.15) is 0 Å². The third-order valence-corrected chi connectivity index (χ3v) is 6.17. The molecular weight excluding hydrogens is 422 g/mol. The molecule has 0 atom stereocenters. The lowest BCUT2D eigenvalue weighted by Gasteiger charge is -2.36. The van der Waals surface area contributed by atoms with Crippen LogP contribution in [0.25, 0.3) is 5.57 Å². The van der Waals surface area contributed by atoms with Crippen LogP contribution in [0, 0.1) is 0 Å². The van der Waals surface area contributed by atoms with Gasteiger partial charge in [0.2, 0.25) is 0 Å². The second kappa shape index (κ2) is 9.54. The normalized spacial score (nSPS) is 17.1. The second-order valence-electron chi connectivity index (χ2n) is 7.86. The first kappa shape index (κ1) is 22.7. The lowest BCUT2D eigenvalue weighted by molar-refractivity contribution is -0.120. The van der Waals surface area contributed by atoms with E-state index in [0.717, 1.165) is 19.6 Å². The zero-order valence-corrected chi connectivity index (χ0v) is 19.5. The Hall–Kier alpha value is -3.52. The summed E-state index contributed by atoms with van der Waals surface area (Å²) < 4.78 is 16.3. The fourth-order valence-corrected chi connectivity index (χ4v) is 4.35. The maximum absolute atomic E-state index is 13.8. The van der Waals surface area contributed by atoms with Crippen molar-refractivity contribution < 1.29 is 23.8 Å². The van der Waals surface area contributed by atoms with Gasteiger partial charge in [0.15, 0.2) is 0 Å². The maximum Gasteiger partial charge on any atom is 0.282 e. The monoisotopic (exact) mass is 451 g/mol. The molecule has 0 saturated carbocycles. The lowest BCUT2D eigenvalue weighted by atomic mass is 10.0. The SMILES string of the molecule is CCN1CCN(C2=C(c3ccccc3OC)C(=O)N(c3cc(OC)cc(OC)c3)C2=O)CC1. The van der Waals surface area contributed by atoms with Crippen LogP contribution in [0.5, 0.6) is 17.2 Å². The summed E-state index contributed by atoms with van der Waals surface area (Å²) >= 11 is 0. The second-order valence-corrected chi connectivity index (χ2v) is 7.86. The van der Waals surface area contributed by atoms with E-state index in [4.69, 9.17) is 14.2 Å². The number of ether oxygens (including phenoxy) is 3. The number of methoxy groups -OCH3 is 3. The Morgan fingerprint density at radius 2 is 1.45 bits per heavy atom. The van der Waals surface area contributed by atoms with E-state index in [1.165, 1.54) is 19.1 Å². The van der Waals surface area contributed by atoms with Crippen molar-refractivity contribution in [3.63, 3.8) is 0 Å². The Bertz CT molecular complexity index is 1070. The summed E-state index contributed by atoms with van der Waals surface area (Å²) in [5.41, 5.74) is 1.76. The van der Waals surface area contributed by atoms with Crippen molar-refractivity contribution in [2.24, 2.45) is 0 Å². The van der Waals surface area contributed by atoms with Gasteiger partial charge < -0.3 is 24.0 Å². The molecule has 0 bridgehead atoms. The molecule has 8 heteroatoms. The minimum absolute atomic E-state index is 0.351. The molecule has 2 amide bonds. The highest BCUT2D eigenvalue weighted by Gasteiger charge is 2.44. The molecule has 1 fully saturated rings. The first-order chi connectivity index (χ1) is 16.0. The molecule has 0 unspecified atom stereocenters. The quantitative estimate of drug-likeness (QED) is 0.600. The summed E-state index contributed by atoms with van der Waals surface area (Å²) in [4.78, 5) is 33.2. The highest BCUT2D eigenvalue weighted by Crippen LogP contribution is 2.40. The molecular formula is C25H29N3O5. The van der Waals surface area contributed by atoms with Crippen LogP contribution in [-0.4, -0.2) is 75.7 Å². The van der Waals surface area contributed by atoms with Gasteiger partial charge in [-0.05, 0) is 12.6 Å². The van der Waals surface area contributed by atoms with Crippen LogP contribution in [0.3, 0.4) is 0 Å². The molecule has 174 valence electrons. The Morgan fingerprint density at radius 3 is 2.03 bits per heavy atom. The van der Waals surface area contributed by atoms with E-state index in [1.54, 1.807) is 31.4 Å². The number of amides is 2. The van der Waals surface area contributed by atoms with Crippen LogP contribution in [0.1, 0.15) is 12.5 Å². The third-order valence-electron chi connectivity index (χ3n) is 6.17. The molecule has 0 N–H and O–H groups in total. The lowest BCUT2D eigenvalue weighted by Crippen LogP contribution is -2.47. The van der Waals surface area contributed by atoms with Gasteiger partial charge in [-0.1, -0.05) is 25.1 Å². The van der Waals surface area contributed by atoms with E-state index < -0.39 is 5.91 Å². The minimum atomic E-state index is -0.396. The summed E-state index contributed by atoms with van der Waals surface area (Å²) in [5.74, 6) is 0.778. The fourth-order valence-electron chi connectivity index (χ4n) is 4.35. The van der Waals surface area contributed by atoms with Gasteiger partial charge in [-0.3, -0.25) is 9.59 Å². The molecule has 0 radical (unpaired) electrons. The number of para-hydroxylation sites is 1. The van der Waals surface area contributed by atoms with Gasteiger partial charge in [0.05, 0.1) is 32.6 Å². The summed E-state index contributed by atoms with van der Waals surface area (Å²) in [7, 11) is 4.62. The minimum Gasteiger partial charge on any atom is -0.497 e. The smallest absolute Gasteiger partial charge is 0.282 e. The van der Waals surface area contributed by atoms with Crippen molar-refractivity contribution in [3.8, 4) is 17.2 Å². The zero-order valence-electron chi connectivity index (χ0n) is 19.5. The summed E-state index contributed by atoms with van der Waals surface area (Å²) in [6.45, 7) is 6.06. The molecule has 0 aliphatic carbocycles. The number of anilines is 1. The third kappa shape index (κ3) is 4.14. The molecule has 2 heterocycles. The van der Waals surface area contributed by atoms with E-state index >= 15 is 0 Å². The number of nitrogens with zero attached hydrogens (tertiary/aromatic N) is 3. The van der Waals surface area contributed by atoms with Crippen molar-refractivity contribution in [2.45, 2.75) is 6.92 Å². The van der Waals surface area contributed by atoms with Crippen LogP contribution >= 0.6 is 0 Å². The average molecular weight is 452 g/mol. The number of carbonyl (C=O) groups excluding carboxylic acids is 2. The van der Waals surface area contributed by atoms with E-state index in [0.29, 0.717) is 52.9 Å². The van der Waals surface area contributed by atoms with Crippen LogP contribution in [-0.2, 0) is 9.59 Å². The Labute approximate surface area is 193 Å². The fraction of sp³-hybridized carbons (Fsp3) is 0.360. The van der Waals surface area contributed by atoms with Gasteiger partial charge in [0.1, 0.15) is 22.9 Å². The number of hydrogen-bond acceptors (Lipinski definition) is 7. The van der Waals surface area contributed by atoms with Gasteiger partial charge in [-0.15, -0.1) is 0 Å². The molecule has 0 aromatic heterocycles. The highest BCUT2D eigenvalue weighted by atomic mass is 16.5. The van der Waals surface area contributed by atoms with E-state index in [9.17, 15) is 9.59 Å². The molecule has 4 rings (SSSR count). The molecule has 2 aromatic carbocycles. The Balaban J connectivity index is 1.83. The van der Waals surface area contributed by atoms with Crippen molar-refractivity contribution in [1.82, 2.24) is 9.80 Å². The summed E-state index contributed by atoms with van der Waals surface area (Å²) in [5, 5.41) is 0. The van der Waals surface area contributed by atoms with Crippen molar-refractivity contribution in [2.75, 3.05) is 59.0 Å². The van der Waals surface area contributed by atoms with E-state index in [1.807, 2.05) is 23.1 Å². The first-order valence-corrected chi connectivity index (χ1v) is 11.0. The van der Waals surface area contributed by atoms with Crippen LogP contribution < -0.4 is 19.1 Å². The Kier molecular flexibility index (Phi) is 6.55. The topological polar surface area (TPSA) is 71.6 Å². The van der Waals surface area contributed by atoms with Crippen molar-refractivity contribution >= 4 is 23.1 Å². The van der Waals surface area contributed by atoms with Gasteiger partial charge in [-0.25, -0.2) is 4.90 Å². The van der Waals surface area contributed by atoms with Gasteiger partial charge >= 0.3 is 0 Å². The number of hydrogen-bond donors (Lipinski definition) is 0. The van der Waals surface area contributed by atoms with Gasteiger partial charge in [0, 0.05) is 49.9 Å². The largest absolute Gasteiger partial charge is 0.497 e. The van der Waals surface area contributed by atoms with Gasteiger partial charge in [0.25, 0.3) is 11.8 Å². The molecule has 33 heavy (non-hydrogen) atoms. The van der Waals surface area contributed by atoms with Crippen molar-refractivity contribution in [1.29, 1.82) is 0 Å². The number of benzene rings is 2. The van der Waals surface area contributed by atoms with Crippen LogP contribution in [0.4, 0.5) is 5.69 Å². The maximum atomic E-state index is 13.8. The molecule has 2 aromatic rings.